The smallest absolute Gasteiger partial charge is 0.407 e. The number of nitrogens with one attached hydrogen (secondary N) is 1. The van der Waals surface area contributed by atoms with Gasteiger partial charge in [0, 0.05) is 17.5 Å². The van der Waals surface area contributed by atoms with Crippen molar-refractivity contribution < 1.29 is 9.62 Å². The molecule has 0 radical (unpaired) electrons. The van der Waals surface area contributed by atoms with Crippen LogP contribution in [0.25, 0.3) is 11.1 Å². The highest BCUT2D eigenvalue weighted by Crippen LogP contribution is 2.40. The highest BCUT2D eigenvalue weighted by molar-refractivity contribution is 7.99. The van der Waals surface area contributed by atoms with Crippen LogP contribution in [0.4, 0.5) is 0 Å². The van der Waals surface area contributed by atoms with Crippen LogP contribution in [-0.4, -0.2) is 28.1 Å². The van der Waals surface area contributed by atoms with Gasteiger partial charge in [0.2, 0.25) is 0 Å². The fourth-order valence-corrected chi connectivity index (χ4v) is 3.52. The molecule has 1 atom stereocenters. The second-order valence-electron chi connectivity index (χ2n) is 4.45. The fraction of sp³-hybridized carbons (Fsp3) is 0.417. The van der Waals surface area contributed by atoms with E-state index in [0.717, 1.165) is 29.1 Å². The Bertz CT molecular complexity index is 632. The van der Waals surface area contributed by atoms with Gasteiger partial charge in [-0.1, -0.05) is 0 Å². The molecule has 0 amide bonds. The van der Waals surface area contributed by atoms with Crippen LogP contribution in [0, 0.1) is 0 Å². The second-order valence-corrected chi connectivity index (χ2v) is 5.59. The number of aromatic amines is 1. The van der Waals surface area contributed by atoms with E-state index in [1.807, 2.05) is 12.1 Å². The molecule has 1 unspecified atom stereocenters. The Hall–Kier alpha value is -1.24. The number of hydrogen-bond acceptors (Lipinski definition) is 5. The Labute approximate surface area is 108 Å². The molecule has 3 rings (SSSR count). The zero-order valence-electron chi connectivity index (χ0n) is 9.97. The molecule has 1 aliphatic rings. The molecular formula is C12H14N2O3S. The molecule has 0 saturated heterocycles. The van der Waals surface area contributed by atoms with Crippen LogP contribution in [0.2, 0.25) is 0 Å². The maximum atomic E-state index is 11.3. The minimum atomic E-state index is -0.452. The molecule has 0 bridgehead atoms. The SMILES string of the molecule is CN(O)C1CCCSc2ccc3[nH]c(=O)oc3c21. The van der Waals surface area contributed by atoms with E-state index >= 15 is 0 Å². The summed E-state index contributed by atoms with van der Waals surface area (Å²) in [6.45, 7) is 0. The molecule has 96 valence electrons. The van der Waals surface area contributed by atoms with Gasteiger partial charge in [-0.15, -0.1) is 11.8 Å². The van der Waals surface area contributed by atoms with E-state index in [0.29, 0.717) is 11.1 Å². The highest BCUT2D eigenvalue weighted by Gasteiger charge is 2.26. The largest absolute Gasteiger partial charge is 0.417 e. The van der Waals surface area contributed by atoms with Crippen LogP contribution in [0.3, 0.4) is 0 Å². The normalized spacial score (nSPS) is 20.1. The number of rotatable bonds is 1. The summed E-state index contributed by atoms with van der Waals surface area (Å²) >= 11 is 1.74. The summed E-state index contributed by atoms with van der Waals surface area (Å²) < 4.78 is 5.24. The second kappa shape index (κ2) is 4.46. The van der Waals surface area contributed by atoms with Crippen LogP contribution in [-0.2, 0) is 0 Å². The summed E-state index contributed by atoms with van der Waals surface area (Å²) in [6, 6.07) is 3.71. The third kappa shape index (κ3) is 1.86. The highest BCUT2D eigenvalue weighted by atomic mass is 32.2. The van der Waals surface area contributed by atoms with E-state index < -0.39 is 5.76 Å². The van der Waals surface area contributed by atoms with Crippen LogP contribution in [0.5, 0.6) is 0 Å². The molecule has 5 nitrogen and oxygen atoms in total. The zero-order chi connectivity index (χ0) is 12.7. The third-order valence-electron chi connectivity index (χ3n) is 3.25. The van der Waals surface area contributed by atoms with Gasteiger partial charge in [0.15, 0.2) is 5.58 Å². The van der Waals surface area contributed by atoms with Crippen LogP contribution in [0.15, 0.2) is 26.2 Å². The molecular weight excluding hydrogens is 252 g/mol. The molecule has 2 N–H and O–H groups in total. The number of H-pyrrole nitrogens is 1. The Kier molecular flexibility index (Phi) is 2.93. The van der Waals surface area contributed by atoms with E-state index in [9.17, 15) is 10.0 Å². The first kappa shape index (κ1) is 11.8. The summed E-state index contributed by atoms with van der Waals surface area (Å²) in [5.74, 6) is 0.560. The number of fused-ring (bicyclic) bond motifs is 3. The Morgan fingerprint density at radius 3 is 3.17 bits per heavy atom. The number of hydrogen-bond donors (Lipinski definition) is 2. The van der Waals surface area contributed by atoms with Gasteiger partial charge in [-0.2, -0.15) is 5.06 Å². The summed E-state index contributed by atoms with van der Waals surface area (Å²) in [7, 11) is 1.63. The molecule has 2 aromatic rings. The van der Waals surface area contributed by atoms with Crippen molar-refractivity contribution in [3.05, 3.63) is 28.2 Å². The van der Waals surface area contributed by atoms with Crippen molar-refractivity contribution in [1.29, 1.82) is 0 Å². The number of oxazole rings is 1. The standard InChI is InChI=1S/C12H14N2O3S/c1-14(16)8-3-2-6-18-9-5-4-7-11(10(8)9)17-12(15)13-7/h4-5,8,16H,2-3,6H2,1H3,(H,13,15). The minimum Gasteiger partial charge on any atom is -0.407 e. The van der Waals surface area contributed by atoms with Crippen molar-refractivity contribution in [2.45, 2.75) is 23.8 Å². The van der Waals surface area contributed by atoms with E-state index in [-0.39, 0.29) is 6.04 Å². The van der Waals surface area contributed by atoms with Crippen molar-refractivity contribution in [2.24, 2.45) is 0 Å². The van der Waals surface area contributed by atoms with Crippen molar-refractivity contribution in [1.82, 2.24) is 10.0 Å². The van der Waals surface area contributed by atoms with Crippen molar-refractivity contribution in [2.75, 3.05) is 12.8 Å². The Morgan fingerprint density at radius 2 is 2.39 bits per heavy atom. The number of nitrogens with zero attached hydrogens (tertiary/aromatic N) is 1. The number of hydroxylamine groups is 2. The summed E-state index contributed by atoms with van der Waals surface area (Å²) in [4.78, 5) is 15.1. The van der Waals surface area contributed by atoms with E-state index in [4.69, 9.17) is 4.42 Å². The zero-order valence-corrected chi connectivity index (χ0v) is 10.8. The molecule has 6 heteroatoms. The van der Waals surface area contributed by atoms with E-state index in [1.54, 1.807) is 18.8 Å². The van der Waals surface area contributed by atoms with Gasteiger partial charge in [0.25, 0.3) is 0 Å². The van der Waals surface area contributed by atoms with Gasteiger partial charge in [0.05, 0.1) is 11.6 Å². The summed E-state index contributed by atoms with van der Waals surface area (Å²) in [6.07, 6.45) is 1.87. The molecule has 1 aliphatic heterocycles. The number of benzene rings is 1. The first-order valence-electron chi connectivity index (χ1n) is 5.87. The Balaban J connectivity index is 2.29. The van der Waals surface area contributed by atoms with Gasteiger partial charge in [0.1, 0.15) is 0 Å². The lowest BCUT2D eigenvalue weighted by atomic mass is 10.0. The monoisotopic (exact) mass is 266 g/mol. The minimum absolute atomic E-state index is 0.127. The lowest BCUT2D eigenvalue weighted by Crippen LogP contribution is -2.20. The number of thioether (sulfide) groups is 1. The predicted octanol–water partition coefficient (Wildman–Crippen LogP) is 2.37. The van der Waals surface area contributed by atoms with Crippen molar-refractivity contribution in [3.8, 4) is 0 Å². The average Bonchev–Trinajstić information content (AvgIpc) is 2.58. The van der Waals surface area contributed by atoms with E-state index in [1.165, 1.54) is 5.06 Å². The molecule has 18 heavy (non-hydrogen) atoms. The van der Waals surface area contributed by atoms with Crippen molar-refractivity contribution >= 4 is 22.9 Å². The Morgan fingerprint density at radius 1 is 1.56 bits per heavy atom. The molecule has 0 spiro atoms. The van der Waals surface area contributed by atoms with Crippen LogP contribution >= 0.6 is 11.8 Å². The fourth-order valence-electron chi connectivity index (χ4n) is 2.44. The topological polar surface area (TPSA) is 69.5 Å². The van der Waals surface area contributed by atoms with Gasteiger partial charge >= 0.3 is 5.76 Å². The molecule has 1 aromatic carbocycles. The van der Waals surface area contributed by atoms with Gasteiger partial charge in [-0.25, -0.2) is 4.79 Å². The van der Waals surface area contributed by atoms with Crippen LogP contribution in [0.1, 0.15) is 24.4 Å². The van der Waals surface area contributed by atoms with Gasteiger partial charge < -0.3 is 9.62 Å². The summed E-state index contributed by atoms with van der Waals surface area (Å²) in [5.41, 5.74) is 2.17. The molecule has 0 fully saturated rings. The summed E-state index contributed by atoms with van der Waals surface area (Å²) in [5, 5.41) is 11.0. The number of aromatic nitrogens is 1. The maximum Gasteiger partial charge on any atom is 0.417 e. The third-order valence-corrected chi connectivity index (χ3v) is 4.41. The van der Waals surface area contributed by atoms with Gasteiger partial charge in [-0.3, -0.25) is 4.98 Å². The quantitative estimate of drug-likeness (QED) is 0.775. The predicted molar refractivity (Wildman–Crippen MR) is 69.1 cm³/mol. The van der Waals surface area contributed by atoms with Gasteiger partial charge in [-0.05, 0) is 30.7 Å². The lowest BCUT2D eigenvalue weighted by molar-refractivity contribution is -0.107. The molecule has 2 heterocycles. The first-order chi connectivity index (χ1) is 8.66. The molecule has 0 aliphatic carbocycles. The first-order valence-corrected chi connectivity index (χ1v) is 6.85. The lowest BCUT2D eigenvalue weighted by Gasteiger charge is -2.22. The molecule has 1 aromatic heterocycles. The van der Waals surface area contributed by atoms with E-state index in [2.05, 4.69) is 4.98 Å². The van der Waals surface area contributed by atoms with Crippen molar-refractivity contribution in [3.63, 3.8) is 0 Å². The van der Waals surface area contributed by atoms with Crippen LogP contribution < -0.4 is 5.76 Å². The maximum absolute atomic E-state index is 11.3. The average molecular weight is 266 g/mol. The molecule has 0 saturated carbocycles.